The first-order chi connectivity index (χ1) is 10.6. The van der Waals surface area contributed by atoms with Crippen LogP contribution in [0.3, 0.4) is 0 Å². The summed E-state index contributed by atoms with van der Waals surface area (Å²) in [6.45, 7) is 6.23. The van der Waals surface area contributed by atoms with E-state index >= 15 is 0 Å². The van der Waals surface area contributed by atoms with Crippen LogP contribution in [0.5, 0.6) is 11.5 Å². The molecular formula is C18H21NO3. The van der Waals surface area contributed by atoms with E-state index in [-0.39, 0.29) is 5.91 Å². The Balaban J connectivity index is 1.95. The summed E-state index contributed by atoms with van der Waals surface area (Å²) < 4.78 is 11.1. The molecule has 0 radical (unpaired) electrons. The van der Waals surface area contributed by atoms with Gasteiger partial charge in [-0.15, -0.1) is 0 Å². The number of carbonyl (C=O) groups is 1. The van der Waals surface area contributed by atoms with E-state index in [1.807, 2.05) is 62.4 Å². The van der Waals surface area contributed by atoms with Gasteiger partial charge in [0.15, 0.2) is 6.10 Å². The van der Waals surface area contributed by atoms with Gasteiger partial charge in [-0.1, -0.05) is 18.2 Å². The number of hydrogen-bond acceptors (Lipinski definition) is 3. The number of carbonyl (C=O) groups excluding carboxylic acids is 1. The molecule has 0 aliphatic rings. The van der Waals surface area contributed by atoms with E-state index in [4.69, 9.17) is 9.47 Å². The molecule has 116 valence electrons. The lowest BCUT2D eigenvalue weighted by Gasteiger charge is -2.16. The van der Waals surface area contributed by atoms with E-state index in [2.05, 4.69) is 5.32 Å². The fourth-order valence-electron chi connectivity index (χ4n) is 1.98. The average molecular weight is 299 g/mol. The normalized spacial score (nSPS) is 11.6. The Hall–Kier alpha value is -2.49. The molecule has 0 aliphatic heterocycles. The van der Waals surface area contributed by atoms with Crippen molar-refractivity contribution in [1.82, 2.24) is 0 Å². The summed E-state index contributed by atoms with van der Waals surface area (Å²) in [6.07, 6.45) is -0.576. The molecule has 0 heterocycles. The molecule has 1 amide bonds. The highest BCUT2D eigenvalue weighted by Crippen LogP contribution is 2.19. The van der Waals surface area contributed by atoms with Crippen LogP contribution in [0.25, 0.3) is 0 Å². The molecule has 0 fully saturated rings. The summed E-state index contributed by atoms with van der Waals surface area (Å²) in [5.41, 5.74) is 1.72. The molecule has 1 unspecified atom stereocenters. The topological polar surface area (TPSA) is 47.6 Å². The molecule has 0 aromatic heterocycles. The third kappa shape index (κ3) is 4.25. The predicted octanol–water partition coefficient (Wildman–Crippen LogP) is 3.80. The maximum absolute atomic E-state index is 12.2. The summed E-state index contributed by atoms with van der Waals surface area (Å²) in [5.74, 6) is 1.31. The minimum absolute atomic E-state index is 0.188. The Morgan fingerprint density at radius 2 is 1.82 bits per heavy atom. The number of rotatable bonds is 6. The fraction of sp³-hybridized carbons (Fsp3) is 0.278. The Kier molecular flexibility index (Phi) is 5.42. The second-order valence-electron chi connectivity index (χ2n) is 4.97. The Labute approximate surface area is 131 Å². The van der Waals surface area contributed by atoms with Crippen LogP contribution in [0.2, 0.25) is 0 Å². The summed E-state index contributed by atoms with van der Waals surface area (Å²) in [4.78, 5) is 12.2. The Morgan fingerprint density at radius 3 is 2.45 bits per heavy atom. The molecule has 0 bridgehead atoms. The minimum atomic E-state index is -0.576. The highest BCUT2D eigenvalue weighted by molar-refractivity contribution is 5.94. The van der Waals surface area contributed by atoms with Crippen LogP contribution in [-0.2, 0) is 4.79 Å². The van der Waals surface area contributed by atoms with Crippen molar-refractivity contribution in [2.45, 2.75) is 26.9 Å². The first-order valence-corrected chi connectivity index (χ1v) is 7.36. The molecule has 2 rings (SSSR count). The second-order valence-corrected chi connectivity index (χ2v) is 4.97. The lowest BCUT2D eigenvalue weighted by atomic mass is 10.2. The van der Waals surface area contributed by atoms with Gasteiger partial charge in [-0.2, -0.15) is 0 Å². The largest absolute Gasteiger partial charge is 0.494 e. The van der Waals surface area contributed by atoms with Gasteiger partial charge in [-0.3, -0.25) is 4.79 Å². The van der Waals surface area contributed by atoms with Gasteiger partial charge in [0.1, 0.15) is 11.5 Å². The van der Waals surface area contributed by atoms with E-state index in [0.717, 1.165) is 17.1 Å². The summed E-state index contributed by atoms with van der Waals surface area (Å²) in [6, 6.07) is 14.9. The van der Waals surface area contributed by atoms with Gasteiger partial charge >= 0.3 is 0 Å². The van der Waals surface area contributed by atoms with Crippen molar-refractivity contribution in [2.24, 2.45) is 0 Å². The number of anilines is 1. The molecule has 2 aromatic rings. The molecule has 2 aromatic carbocycles. The van der Waals surface area contributed by atoms with E-state index in [1.54, 1.807) is 6.92 Å². The standard InChI is InChI=1S/C18H21NO3/c1-4-21-16-11-9-15(10-12-16)19-18(20)14(3)22-17-8-6-5-7-13(17)2/h5-12,14H,4H2,1-3H3,(H,19,20). The monoisotopic (exact) mass is 299 g/mol. The zero-order valence-corrected chi connectivity index (χ0v) is 13.1. The van der Waals surface area contributed by atoms with Crippen LogP contribution < -0.4 is 14.8 Å². The van der Waals surface area contributed by atoms with Crippen molar-refractivity contribution in [3.63, 3.8) is 0 Å². The number of aryl methyl sites for hydroxylation is 1. The first kappa shape index (κ1) is 15.9. The van der Waals surface area contributed by atoms with E-state index < -0.39 is 6.10 Å². The van der Waals surface area contributed by atoms with Gasteiger partial charge in [0.25, 0.3) is 5.91 Å². The SMILES string of the molecule is CCOc1ccc(NC(=O)C(C)Oc2ccccc2C)cc1. The zero-order valence-electron chi connectivity index (χ0n) is 13.1. The van der Waals surface area contributed by atoms with Crippen LogP contribution in [-0.4, -0.2) is 18.6 Å². The Morgan fingerprint density at radius 1 is 1.14 bits per heavy atom. The fourth-order valence-corrected chi connectivity index (χ4v) is 1.98. The van der Waals surface area contributed by atoms with Gasteiger partial charge in [-0.25, -0.2) is 0 Å². The average Bonchev–Trinajstić information content (AvgIpc) is 2.51. The van der Waals surface area contributed by atoms with Crippen molar-refractivity contribution in [2.75, 3.05) is 11.9 Å². The molecule has 1 N–H and O–H groups in total. The number of nitrogens with one attached hydrogen (secondary N) is 1. The maximum atomic E-state index is 12.2. The van der Waals surface area contributed by atoms with Crippen molar-refractivity contribution in [3.8, 4) is 11.5 Å². The van der Waals surface area contributed by atoms with Crippen LogP contribution in [0, 0.1) is 6.92 Å². The van der Waals surface area contributed by atoms with E-state index in [1.165, 1.54) is 0 Å². The van der Waals surface area contributed by atoms with Crippen molar-refractivity contribution >= 4 is 11.6 Å². The first-order valence-electron chi connectivity index (χ1n) is 7.36. The molecule has 4 nitrogen and oxygen atoms in total. The third-order valence-corrected chi connectivity index (χ3v) is 3.20. The summed E-state index contributed by atoms with van der Waals surface area (Å²) >= 11 is 0. The third-order valence-electron chi connectivity index (χ3n) is 3.20. The number of amides is 1. The molecule has 0 saturated heterocycles. The quantitative estimate of drug-likeness (QED) is 0.882. The molecule has 0 spiro atoms. The molecule has 4 heteroatoms. The van der Waals surface area contributed by atoms with Gasteiger partial charge in [0.05, 0.1) is 6.61 Å². The van der Waals surface area contributed by atoms with Gasteiger partial charge in [-0.05, 0) is 56.7 Å². The van der Waals surface area contributed by atoms with Gasteiger partial charge in [0, 0.05) is 5.69 Å². The highest BCUT2D eigenvalue weighted by Gasteiger charge is 2.15. The van der Waals surface area contributed by atoms with Crippen LogP contribution >= 0.6 is 0 Å². The summed E-state index contributed by atoms with van der Waals surface area (Å²) in [5, 5.41) is 2.83. The number of hydrogen-bond donors (Lipinski definition) is 1. The van der Waals surface area contributed by atoms with Crippen LogP contribution in [0.1, 0.15) is 19.4 Å². The number of ether oxygens (including phenoxy) is 2. The minimum Gasteiger partial charge on any atom is -0.494 e. The lowest BCUT2D eigenvalue weighted by Crippen LogP contribution is -2.30. The molecule has 1 atom stereocenters. The van der Waals surface area contributed by atoms with Crippen LogP contribution in [0.4, 0.5) is 5.69 Å². The molecule has 22 heavy (non-hydrogen) atoms. The Bertz CT molecular complexity index is 622. The maximum Gasteiger partial charge on any atom is 0.265 e. The van der Waals surface area contributed by atoms with Crippen molar-refractivity contribution in [1.29, 1.82) is 0 Å². The molecule has 0 saturated carbocycles. The lowest BCUT2D eigenvalue weighted by molar-refractivity contribution is -0.122. The molecule has 0 aliphatic carbocycles. The van der Waals surface area contributed by atoms with Crippen molar-refractivity contribution < 1.29 is 14.3 Å². The van der Waals surface area contributed by atoms with Gasteiger partial charge in [0.2, 0.25) is 0 Å². The second kappa shape index (κ2) is 7.50. The zero-order chi connectivity index (χ0) is 15.9. The highest BCUT2D eigenvalue weighted by atomic mass is 16.5. The summed E-state index contributed by atoms with van der Waals surface area (Å²) in [7, 11) is 0. The van der Waals surface area contributed by atoms with Gasteiger partial charge < -0.3 is 14.8 Å². The predicted molar refractivity (Wildman–Crippen MR) is 87.5 cm³/mol. The number of benzene rings is 2. The van der Waals surface area contributed by atoms with E-state index in [9.17, 15) is 4.79 Å². The smallest absolute Gasteiger partial charge is 0.265 e. The number of para-hydroxylation sites is 1. The van der Waals surface area contributed by atoms with Crippen LogP contribution in [0.15, 0.2) is 48.5 Å². The van der Waals surface area contributed by atoms with E-state index in [0.29, 0.717) is 12.3 Å². The molecular weight excluding hydrogens is 278 g/mol. The van der Waals surface area contributed by atoms with Crippen molar-refractivity contribution in [3.05, 3.63) is 54.1 Å².